The van der Waals surface area contributed by atoms with E-state index >= 15 is 0 Å². The first-order chi connectivity index (χ1) is 8.76. The lowest BCUT2D eigenvalue weighted by Gasteiger charge is -2.18. The highest BCUT2D eigenvalue weighted by Crippen LogP contribution is 2.35. The van der Waals surface area contributed by atoms with Gasteiger partial charge in [-0.05, 0) is 18.7 Å². The van der Waals surface area contributed by atoms with Crippen LogP contribution in [0.4, 0.5) is 22.0 Å². The largest absolute Gasteiger partial charge is 0.455 e. The van der Waals surface area contributed by atoms with Crippen molar-refractivity contribution in [2.45, 2.75) is 32.2 Å². The summed E-state index contributed by atoms with van der Waals surface area (Å²) in [6.45, 7) is 1.47. The van der Waals surface area contributed by atoms with Crippen LogP contribution in [-0.2, 0) is 17.9 Å². The molecule has 0 aliphatic rings. The number of ether oxygens (including phenoxy) is 1. The van der Waals surface area contributed by atoms with Gasteiger partial charge >= 0.3 is 12.1 Å². The van der Waals surface area contributed by atoms with E-state index in [1.807, 2.05) is 6.92 Å². The van der Waals surface area contributed by atoms with Gasteiger partial charge in [-0.1, -0.05) is 6.92 Å². The summed E-state index contributed by atoms with van der Waals surface area (Å²) in [5.74, 6) is -4.81. The minimum atomic E-state index is -5.57. The van der Waals surface area contributed by atoms with E-state index < -0.39 is 18.7 Å². The Morgan fingerprint density at radius 2 is 1.79 bits per heavy atom. The summed E-state index contributed by atoms with van der Waals surface area (Å²) >= 11 is 1.32. The molecular weight excluding hydrogens is 289 g/mol. The lowest BCUT2D eigenvalue weighted by Crippen LogP contribution is -2.40. The van der Waals surface area contributed by atoms with Crippen molar-refractivity contribution in [1.29, 1.82) is 0 Å². The van der Waals surface area contributed by atoms with Gasteiger partial charge in [0.25, 0.3) is 0 Å². The molecule has 0 bridgehead atoms. The van der Waals surface area contributed by atoms with Crippen molar-refractivity contribution in [3.63, 3.8) is 0 Å². The van der Waals surface area contributed by atoms with Crippen molar-refractivity contribution in [3.05, 3.63) is 21.9 Å². The number of nitrogens with one attached hydrogen (secondary N) is 1. The van der Waals surface area contributed by atoms with Crippen molar-refractivity contribution in [2.75, 3.05) is 13.2 Å². The molecule has 0 fully saturated rings. The maximum atomic E-state index is 12.5. The molecule has 0 spiro atoms. The van der Waals surface area contributed by atoms with Gasteiger partial charge in [0, 0.05) is 16.3 Å². The number of hydrogen-bond donors (Lipinski definition) is 1. The highest BCUT2D eigenvalue weighted by atomic mass is 32.1. The van der Waals surface area contributed by atoms with E-state index in [-0.39, 0.29) is 6.61 Å². The molecule has 0 saturated heterocycles. The van der Waals surface area contributed by atoms with Gasteiger partial charge in [0.05, 0.1) is 6.61 Å². The molecule has 0 unspecified atom stereocenters. The molecule has 1 heterocycles. The highest BCUT2D eigenvalue weighted by Gasteiger charge is 2.57. The third-order valence-corrected chi connectivity index (χ3v) is 3.27. The predicted molar refractivity (Wildman–Crippen MR) is 62.4 cm³/mol. The fourth-order valence-electron chi connectivity index (χ4n) is 1.20. The topological polar surface area (TPSA) is 21.3 Å². The Morgan fingerprint density at radius 3 is 2.37 bits per heavy atom. The molecule has 2 nitrogen and oxygen atoms in total. The molecule has 19 heavy (non-hydrogen) atoms. The van der Waals surface area contributed by atoms with Gasteiger partial charge < -0.3 is 10.1 Å². The van der Waals surface area contributed by atoms with Crippen LogP contribution in [0.2, 0.25) is 0 Å². The summed E-state index contributed by atoms with van der Waals surface area (Å²) in [5.41, 5.74) is 0. The van der Waals surface area contributed by atoms with Crippen LogP contribution in [0.3, 0.4) is 0 Å². The Balaban J connectivity index is 2.39. The first-order valence-electron chi connectivity index (χ1n) is 5.57. The van der Waals surface area contributed by atoms with E-state index in [0.717, 1.165) is 11.4 Å². The standard InChI is InChI=1S/C11H14F5NOS/c1-2-17-5-8-3-4-9(19-8)6-18-7-10(12,13)11(14,15)16/h3-4,17H,2,5-7H2,1H3. The predicted octanol–water partition coefficient (Wildman–Crippen LogP) is 3.57. The van der Waals surface area contributed by atoms with E-state index in [9.17, 15) is 22.0 Å². The summed E-state index contributed by atoms with van der Waals surface area (Å²) in [5, 5.41) is 3.08. The Labute approximate surface area is 111 Å². The van der Waals surface area contributed by atoms with Gasteiger partial charge in [-0.2, -0.15) is 22.0 Å². The number of thiophene rings is 1. The van der Waals surface area contributed by atoms with Gasteiger partial charge in [0.1, 0.15) is 6.61 Å². The molecule has 1 aromatic rings. The maximum Gasteiger partial charge on any atom is 0.455 e. The number of alkyl halides is 5. The third-order valence-electron chi connectivity index (χ3n) is 2.21. The molecule has 1 N–H and O–H groups in total. The Hall–Kier alpha value is -0.730. The van der Waals surface area contributed by atoms with Crippen LogP contribution in [-0.4, -0.2) is 25.3 Å². The van der Waals surface area contributed by atoms with Crippen molar-refractivity contribution < 1.29 is 26.7 Å². The van der Waals surface area contributed by atoms with Crippen LogP contribution in [0.15, 0.2) is 12.1 Å². The second-order valence-corrected chi connectivity index (χ2v) is 5.10. The molecule has 0 atom stereocenters. The van der Waals surface area contributed by atoms with E-state index in [1.54, 1.807) is 12.1 Å². The second-order valence-electron chi connectivity index (χ2n) is 3.84. The van der Waals surface area contributed by atoms with E-state index in [0.29, 0.717) is 11.4 Å². The van der Waals surface area contributed by atoms with E-state index in [4.69, 9.17) is 0 Å². The zero-order valence-electron chi connectivity index (χ0n) is 10.2. The van der Waals surface area contributed by atoms with Gasteiger partial charge in [-0.25, -0.2) is 0 Å². The summed E-state index contributed by atoms with van der Waals surface area (Å²) in [6, 6.07) is 3.44. The number of rotatable bonds is 7. The Kier molecular flexibility index (Phi) is 5.69. The zero-order chi connectivity index (χ0) is 14.5. The normalized spacial score (nSPS) is 12.9. The number of halogens is 5. The van der Waals surface area contributed by atoms with Crippen molar-refractivity contribution in [1.82, 2.24) is 5.32 Å². The molecule has 0 aromatic carbocycles. The maximum absolute atomic E-state index is 12.5. The van der Waals surface area contributed by atoms with E-state index in [1.165, 1.54) is 11.3 Å². The van der Waals surface area contributed by atoms with Crippen LogP contribution < -0.4 is 5.32 Å². The Morgan fingerprint density at radius 1 is 1.16 bits per heavy atom. The third kappa shape index (κ3) is 5.04. The average molecular weight is 303 g/mol. The fourth-order valence-corrected chi connectivity index (χ4v) is 2.13. The first-order valence-corrected chi connectivity index (χ1v) is 6.38. The summed E-state index contributed by atoms with van der Waals surface area (Å²) < 4.78 is 65.1. The van der Waals surface area contributed by atoms with Crippen LogP contribution in [0, 0.1) is 0 Å². The minimum Gasteiger partial charge on any atom is -0.369 e. The van der Waals surface area contributed by atoms with Gasteiger partial charge in [-0.3, -0.25) is 0 Å². The van der Waals surface area contributed by atoms with Crippen molar-refractivity contribution >= 4 is 11.3 Å². The van der Waals surface area contributed by atoms with Gasteiger partial charge in [0.2, 0.25) is 0 Å². The molecule has 8 heteroatoms. The highest BCUT2D eigenvalue weighted by molar-refractivity contribution is 7.11. The van der Waals surface area contributed by atoms with Crippen LogP contribution in [0.25, 0.3) is 0 Å². The monoisotopic (exact) mass is 303 g/mol. The minimum absolute atomic E-state index is 0.248. The molecule has 0 aliphatic heterocycles. The number of hydrogen-bond acceptors (Lipinski definition) is 3. The first kappa shape index (κ1) is 16.3. The Bertz CT molecular complexity index is 391. The molecule has 0 aliphatic carbocycles. The van der Waals surface area contributed by atoms with Crippen molar-refractivity contribution in [3.8, 4) is 0 Å². The van der Waals surface area contributed by atoms with Crippen LogP contribution in [0.1, 0.15) is 16.7 Å². The molecule has 1 aromatic heterocycles. The quantitative estimate of drug-likeness (QED) is 0.778. The van der Waals surface area contributed by atoms with Gasteiger partial charge in [0.15, 0.2) is 0 Å². The molecule has 110 valence electrons. The van der Waals surface area contributed by atoms with Crippen LogP contribution >= 0.6 is 11.3 Å². The average Bonchev–Trinajstić information content (AvgIpc) is 2.72. The van der Waals surface area contributed by atoms with E-state index in [2.05, 4.69) is 10.1 Å². The fraction of sp³-hybridized carbons (Fsp3) is 0.636. The summed E-state index contributed by atoms with van der Waals surface area (Å²) in [6.07, 6.45) is -5.57. The molecular formula is C11H14F5NOS. The molecule has 0 radical (unpaired) electrons. The second kappa shape index (κ2) is 6.62. The van der Waals surface area contributed by atoms with Gasteiger partial charge in [-0.15, -0.1) is 11.3 Å². The SMILES string of the molecule is CCNCc1ccc(COCC(F)(F)C(F)(F)F)s1. The molecule has 0 saturated carbocycles. The summed E-state index contributed by atoms with van der Waals surface area (Å²) in [4.78, 5) is 1.59. The lowest BCUT2D eigenvalue weighted by atomic mass is 10.3. The molecule has 1 rings (SSSR count). The van der Waals surface area contributed by atoms with Crippen LogP contribution in [0.5, 0.6) is 0 Å². The summed E-state index contributed by atoms with van der Waals surface area (Å²) in [7, 11) is 0. The smallest absolute Gasteiger partial charge is 0.369 e. The zero-order valence-corrected chi connectivity index (χ0v) is 11.0. The lowest BCUT2D eigenvalue weighted by molar-refractivity contribution is -0.297. The molecule has 0 amide bonds. The van der Waals surface area contributed by atoms with Crippen molar-refractivity contribution in [2.24, 2.45) is 0 Å².